The van der Waals surface area contributed by atoms with Crippen LogP contribution in [0, 0.1) is 11.8 Å². The van der Waals surface area contributed by atoms with Crippen LogP contribution in [0.1, 0.15) is 44.0 Å². The van der Waals surface area contributed by atoms with Crippen molar-refractivity contribution >= 4 is 5.78 Å². The van der Waals surface area contributed by atoms with Crippen LogP contribution >= 0.6 is 0 Å². The van der Waals surface area contributed by atoms with Gasteiger partial charge in [0, 0.05) is 25.2 Å². The maximum absolute atomic E-state index is 11.2. The number of carbonyl (C=O) groups excluding carboxylic acids is 1. The van der Waals surface area contributed by atoms with E-state index in [0.29, 0.717) is 0 Å². The standard InChI is InChI=1S/C18H27NO2/c1-14-11-15(2)13-19(12-14)9-4-10-21-18-7-5-17(6-8-18)16(3)20/h5-8,14-15H,4,9-13H2,1-3H3. The van der Waals surface area contributed by atoms with Crippen LogP contribution in [0.25, 0.3) is 0 Å². The molecular weight excluding hydrogens is 262 g/mol. The van der Waals surface area contributed by atoms with Crippen LogP contribution in [0.5, 0.6) is 5.75 Å². The van der Waals surface area contributed by atoms with Crippen molar-refractivity contribution in [2.45, 2.75) is 33.6 Å². The quantitative estimate of drug-likeness (QED) is 0.591. The molecule has 1 aromatic rings. The molecule has 1 aromatic carbocycles. The summed E-state index contributed by atoms with van der Waals surface area (Å²) < 4.78 is 5.75. The molecule has 2 unspecified atom stereocenters. The summed E-state index contributed by atoms with van der Waals surface area (Å²) in [4.78, 5) is 13.8. The van der Waals surface area contributed by atoms with E-state index in [4.69, 9.17) is 4.74 Å². The van der Waals surface area contributed by atoms with Crippen molar-refractivity contribution in [3.63, 3.8) is 0 Å². The van der Waals surface area contributed by atoms with Gasteiger partial charge in [-0.2, -0.15) is 0 Å². The summed E-state index contributed by atoms with van der Waals surface area (Å²) in [5, 5.41) is 0. The lowest BCUT2D eigenvalue weighted by molar-refractivity contribution is 0.101. The predicted molar refractivity (Wildman–Crippen MR) is 85.9 cm³/mol. The summed E-state index contributed by atoms with van der Waals surface area (Å²) in [6.07, 6.45) is 2.41. The van der Waals surface area contributed by atoms with Crippen LogP contribution in [0.15, 0.2) is 24.3 Å². The Kier molecular flexibility index (Phi) is 5.80. The summed E-state index contributed by atoms with van der Waals surface area (Å²) in [6, 6.07) is 7.40. The highest BCUT2D eigenvalue weighted by atomic mass is 16.5. The van der Waals surface area contributed by atoms with E-state index >= 15 is 0 Å². The third-order valence-corrected chi connectivity index (χ3v) is 4.09. The Hall–Kier alpha value is -1.35. The van der Waals surface area contributed by atoms with E-state index in [0.717, 1.165) is 42.7 Å². The summed E-state index contributed by atoms with van der Waals surface area (Å²) in [5.74, 6) is 2.57. The lowest BCUT2D eigenvalue weighted by Gasteiger charge is -2.34. The average molecular weight is 289 g/mol. The maximum Gasteiger partial charge on any atom is 0.159 e. The highest BCUT2D eigenvalue weighted by molar-refractivity contribution is 5.94. The lowest BCUT2D eigenvalue weighted by Crippen LogP contribution is -2.39. The number of carbonyl (C=O) groups is 1. The summed E-state index contributed by atoms with van der Waals surface area (Å²) >= 11 is 0. The van der Waals surface area contributed by atoms with Gasteiger partial charge in [0.2, 0.25) is 0 Å². The topological polar surface area (TPSA) is 29.5 Å². The Morgan fingerprint density at radius 2 is 1.81 bits per heavy atom. The minimum Gasteiger partial charge on any atom is -0.494 e. The third-order valence-electron chi connectivity index (χ3n) is 4.09. The van der Waals surface area contributed by atoms with Crippen LogP contribution in [-0.4, -0.2) is 36.9 Å². The molecule has 0 radical (unpaired) electrons. The van der Waals surface area contributed by atoms with E-state index in [-0.39, 0.29) is 5.78 Å². The molecule has 2 atom stereocenters. The number of Topliss-reactive ketones (excluding diaryl/α,β-unsaturated/α-hetero) is 1. The van der Waals surface area contributed by atoms with Crippen LogP contribution in [-0.2, 0) is 0 Å². The molecule has 0 saturated carbocycles. The molecule has 1 heterocycles. The number of likely N-dealkylation sites (tertiary alicyclic amines) is 1. The first-order valence-electron chi connectivity index (χ1n) is 8.00. The van der Waals surface area contributed by atoms with Crippen molar-refractivity contribution in [1.29, 1.82) is 0 Å². The molecule has 2 rings (SSSR count). The Balaban J connectivity index is 1.68. The Morgan fingerprint density at radius 3 is 2.38 bits per heavy atom. The van der Waals surface area contributed by atoms with E-state index < -0.39 is 0 Å². The van der Waals surface area contributed by atoms with E-state index in [1.165, 1.54) is 19.5 Å². The van der Waals surface area contributed by atoms with E-state index in [1.54, 1.807) is 6.92 Å². The molecule has 1 aliphatic rings. The van der Waals surface area contributed by atoms with Gasteiger partial charge >= 0.3 is 0 Å². The molecule has 0 N–H and O–H groups in total. The first-order chi connectivity index (χ1) is 10.0. The second-order valence-electron chi connectivity index (χ2n) is 6.49. The third kappa shape index (κ3) is 5.16. The van der Waals surface area contributed by atoms with Gasteiger partial charge in [-0.25, -0.2) is 0 Å². The number of hydrogen-bond donors (Lipinski definition) is 0. The monoisotopic (exact) mass is 289 g/mol. The number of benzene rings is 1. The molecule has 0 bridgehead atoms. The molecule has 116 valence electrons. The number of ketones is 1. The lowest BCUT2D eigenvalue weighted by atomic mass is 9.92. The van der Waals surface area contributed by atoms with Crippen LogP contribution < -0.4 is 4.74 Å². The molecular formula is C18H27NO2. The van der Waals surface area contributed by atoms with Gasteiger partial charge in [0.25, 0.3) is 0 Å². The fourth-order valence-electron chi connectivity index (χ4n) is 3.24. The van der Waals surface area contributed by atoms with Gasteiger partial charge in [0.05, 0.1) is 6.61 Å². The minimum atomic E-state index is 0.0925. The molecule has 0 amide bonds. The fourth-order valence-corrected chi connectivity index (χ4v) is 3.24. The number of nitrogens with zero attached hydrogens (tertiary/aromatic N) is 1. The molecule has 1 saturated heterocycles. The largest absolute Gasteiger partial charge is 0.494 e. The highest BCUT2D eigenvalue weighted by Gasteiger charge is 2.20. The zero-order valence-electron chi connectivity index (χ0n) is 13.5. The van der Waals surface area contributed by atoms with Gasteiger partial charge < -0.3 is 9.64 Å². The normalized spacial score (nSPS) is 23.0. The number of piperidine rings is 1. The van der Waals surface area contributed by atoms with Crippen molar-refractivity contribution in [1.82, 2.24) is 4.90 Å². The minimum absolute atomic E-state index is 0.0925. The predicted octanol–water partition coefficient (Wildman–Crippen LogP) is 3.64. The Morgan fingerprint density at radius 1 is 1.19 bits per heavy atom. The van der Waals surface area contributed by atoms with Crippen molar-refractivity contribution in [2.24, 2.45) is 11.8 Å². The molecule has 0 spiro atoms. The zero-order valence-corrected chi connectivity index (χ0v) is 13.5. The van der Waals surface area contributed by atoms with Gasteiger partial charge in [-0.3, -0.25) is 4.79 Å². The summed E-state index contributed by atoms with van der Waals surface area (Å²) in [7, 11) is 0. The first-order valence-corrected chi connectivity index (χ1v) is 8.00. The Labute approximate surface area is 128 Å². The van der Waals surface area contributed by atoms with Crippen molar-refractivity contribution in [2.75, 3.05) is 26.2 Å². The van der Waals surface area contributed by atoms with Gasteiger partial charge in [0.15, 0.2) is 5.78 Å². The van der Waals surface area contributed by atoms with Gasteiger partial charge in [-0.15, -0.1) is 0 Å². The molecule has 1 fully saturated rings. The average Bonchev–Trinajstić information content (AvgIpc) is 2.43. The van der Waals surface area contributed by atoms with Gasteiger partial charge in [0.1, 0.15) is 5.75 Å². The number of ether oxygens (including phenoxy) is 1. The first kappa shape index (κ1) is 16.0. The second-order valence-corrected chi connectivity index (χ2v) is 6.49. The van der Waals surface area contributed by atoms with Crippen LogP contribution in [0.4, 0.5) is 0 Å². The molecule has 0 aliphatic carbocycles. The summed E-state index contributed by atoms with van der Waals surface area (Å²) in [6.45, 7) is 10.6. The van der Waals surface area contributed by atoms with Crippen molar-refractivity contribution < 1.29 is 9.53 Å². The van der Waals surface area contributed by atoms with E-state index in [1.807, 2.05) is 24.3 Å². The van der Waals surface area contributed by atoms with Crippen LogP contribution in [0.3, 0.4) is 0 Å². The van der Waals surface area contributed by atoms with E-state index in [9.17, 15) is 4.79 Å². The number of hydrogen-bond acceptors (Lipinski definition) is 3. The molecule has 0 aromatic heterocycles. The zero-order chi connectivity index (χ0) is 15.2. The van der Waals surface area contributed by atoms with Gasteiger partial charge in [-0.05, 0) is 55.9 Å². The molecule has 1 aliphatic heterocycles. The Bertz CT molecular complexity index is 445. The van der Waals surface area contributed by atoms with E-state index in [2.05, 4.69) is 18.7 Å². The smallest absolute Gasteiger partial charge is 0.159 e. The maximum atomic E-state index is 11.2. The summed E-state index contributed by atoms with van der Waals surface area (Å²) in [5.41, 5.74) is 0.735. The van der Waals surface area contributed by atoms with Crippen LogP contribution in [0.2, 0.25) is 0 Å². The van der Waals surface area contributed by atoms with Crippen molar-refractivity contribution in [3.8, 4) is 5.75 Å². The second kappa shape index (κ2) is 7.60. The van der Waals surface area contributed by atoms with Gasteiger partial charge in [-0.1, -0.05) is 13.8 Å². The van der Waals surface area contributed by atoms with Crippen molar-refractivity contribution in [3.05, 3.63) is 29.8 Å². The molecule has 3 nitrogen and oxygen atoms in total. The highest BCUT2D eigenvalue weighted by Crippen LogP contribution is 2.21. The SMILES string of the molecule is CC(=O)c1ccc(OCCCN2CC(C)CC(C)C2)cc1. The molecule has 21 heavy (non-hydrogen) atoms. The fraction of sp³-hybridized carbons (Fsp3) is 0.611. The number of rotatable bonds is 6. The molecule has 3 heteroatoms.